The lowest BCUT2D eigenvalue weighted by atomic mass is 9.90. The number of alkyl halides is 3. The molecule has 5 rings (SSSR count). The van der Waals surface area contributed by atoms with Crippen molar-refractivity contribution >= 4 is 63.6 Å². The lowest BCUT2D eigenvalue weighted by molar-refractivity contribution is -0.199. The minimum atomic E-state index is -5.25. The van der Waals surface area contributed by atoms with Crippen LogP contribution in [0.5, 0.6) is 0 Å². The Bertz CT molecular complexity index is 1820. The first-order chi connectivity index (χ1) is 21.5. The Morgan fingerprint density at radius 2 is 1.82 bits per heavy atom. The summed E-state index contributed by atoms with van der Waals surface area (Å²) in [6.07, 6.45) is 2.34. The van der Waals surface area contributed by atoms with Gasteiger partial charge in [-0.3, -0.25) is 9.59 Å². The number of aromatic nitrogens is 1. The predicted octanol–water partition coefficient (Wildman–Crippen LogP) is 8.48. The van der Waals surface area contributed by atoms with E-state index in [1.54, 1.807) is 24.3 Å². The average molecular weight is 655 g/mol. The van der Waals surface area contributed by atoms with Gasteiger partial charge in [0.15, 0.2) is 5.78 Å². The maximum atomic E-state index is 13.7. The number of aryl methyl sites for hydroxylation is 2. The highest BCUT2D eigenvalue weighted by Gasteiger charge is 2.42. The molecule has 0 spiro atoms. The van der Waals surface area contributed by atoms with E-state index in [1.807, 2.05) is 50.3 Å². The van der Waals surface area contributed by atoms with E-state index >= 15 is 0 Å². The Kier molecular flexibility index (Phi) is 9.84. The van der Waals surface area contributed by atoms with Crippen LogP contribution in [-0.4, -0.2) is 39.7 Å². The number of hydrogen-bond donors (Lipinski definition) is 0. The van der Waals surface area contributed by atoms with E-state index < -0.39 is 17.9 Å². The molecule has 2 aliphatic rings. The number of nitrogens with zero attached hydrogens (tertiary/aromatic N) is 2. The Hall–Kier alpha value is -3.89. The Morgan fingerprint density at radius 3 is 2.51 bits per heavy atom. The van der Waals surface area contributed by atoms with Crippen molar-refractivity contribution in [1.29, 1.82) is 0 Å². The summed E-state index contributed by atoms with van der Waals surface area (Å²) in [5, 5.41) is 4.95. The number of fused-ring (bicyclic) bond motifs is 3. The zero-order valence-electron chi connectivity index (χ0n) is 24.7. The third-order valence-electron chi connectivity index (χ3n) is 7.84. The van der Waals surface area contributed by atoms with Gasteiger partial charge in [0, 0.05) is 62.6 Å². The van der Waals surface area contributed by atoms with Gasteiger partial charge in [-0.1, -0.05) is 47.1 Å². The first-order valence-electron chi connectivity index (χ1n) is 14.5. The van der Waals surface area contributed by atoms with Crippen molar-refractivity contribution in [1.82, 2.24) is 4.57 Å². The van der Waals surface area contributed by atoms with Crippen LogP contribution in [0.1, 0.15) is 65.3 Å². The molecule has 0 bridgehead atoms. The lowest BCUT2D eigenvalue weighted by Gasteiger charge is -2.17. The second-order valence-electron chi connectivity index (χ2n) is 10.7. The quantitative estimate of drug-likeness (QED) is 0.0948. The molecular weight excluding hydrogens is 625 g/mol. The molecule has 3 aromatic rings. The number of carbonyl (C=O) groups is 3. The normalized spacial score (nSPS) is 15.2. The molecule has 0 atom stereocenters. The van der Waals surface area contributed by atoms with Crippen molar-refractivity contribution in [2.45, 2.75) is 58.7 Å². The van der Waals surface area contributed by atoms with E-state index in [9.17, 15) is 27.6 Å². The fourth-order valence-corrected chi connectivity index (χ4v) is 6.68. The van der Waals surface area contributed by atoms with E-state index in [0.717, 1.165) is 37.7 Å². The van der Waals surface area contributed by atoms with Gasteiger partial charge in [-0.25, -0.2) is 4.79 Å². The van der Waals surface area contributed by atoms with Crippen molar-refractivity contribution in [3.05, 3.63) is 98.1 Å². The van der Waals surface area contributed by atoms with Gasteiger partial charge in [0.2, 0.25) is 5.78 Å². The van der Waals surface area contributed by atoms with Gasteiger partial charge in [-0.15, -0.1) is 11.8 Å². The van der Waals surface area contributed by atoms with Gasteiger partial charge >= 0.3 is 12.1 Å². The van der Waals surface area contributed by atoms with Crippen LogP contribution in [0.3, 0.4) is 0 Å². The van der Waals surface area contributed by atoms with Gasteiger partial charge in [-0.05, 0) is 80.4 Å². The van der Waals surface area contributed by atoms with Crippen molar-refractivity contribution in [2.24, 2.45) is 5.16 Å². The minimum Gasteiger partial charge on any atom is -0.344 e. The Labute approximate surface area is 267 Å². The Morgan fingerprint density at radius 1 is 1.04 bits per heavy atom. The second-order valence-corrected chi connectivity index (χ2v) is 12.4. The minimum absolute atomic E-state index is 0.0145. The SMILES string of the molecule is CCn1c2c(c3cc(C(=O)c4ccccc4C)ccc31)C=C(C(=O)/C(CCSC1=CC=C(Cl)CC1)=N\OC(=O)C(F)(F)F)CC2. The molecule has 11 heteroatoms. The van der Waals surface area contributed by atoms with Gasteiger partial charge in [0.25, 0.3) is 0 Å². The summed E-state index contributed by atoms with van der Waals surface area (Å²) in [4.78, 5) is 43.8. The maximum Gasteiger partial charge on any atom is 0.493 e. The number of ketones is 2. The Balaban J connectivity index is 1.47. The van der Waals surface area contributed by atoms with E-state index in [0.29, 0.717) is 54.7 Å². The number of carbonyl (C=O) groups excluding carboxylic acids is 3. The van der Waals surface area contributed by atoms with Crippen LogP contribution in [0, 0.1) is 6.92 Å². The van der Waals surface area contributed by atoms with Crippen LogP contribution < -0.4 is 0 Å². The number of hydrogen-bond acceptors (Lipinski definition) is 6. The molecule has 0 N–H and O–H groups in total. The van der Waals surface area contributed by atoms with Crippen LogP contribution in [0.4, 0.5) is 13.2 Å². The predicted molar refractivity (Wildman–Crippen MR) is 171 cm³/mol. The van der Waals surface area contributed by atoms with Crippen LogP contribution in [0.15, 0.2) is 75.3 Å². The average Bonchev–Trinajstić information content (AvgIpc) is 3.34. The van der Waals surface area contributed by atoms with Crippen LogP contribution >= 0.6 is 23.4 Å². The van der Waals surface area contributed by atoms with E-state index in [1.165, 1.54) is 11.8 Å². The number of oxime groups is 1. The topological polar surface area (TPSA) is 77.7 Å². The van der Waals surface area contributed by atoms with Crippen LogP contribution in [-0.2, 0) is 27.4 Å². The number of rotatable bonds is 10. The first-order valence-corrected chi connectivity index (χ1v) is 15.9. The number of benzene rings is 2. The summed E-state index contributed by atoms with van der Waals surface area (Å²) in [6.45, 7) is 4.56. The smallest absolute Gasteiger partial charge is 0.344 e. The fraction of sp³-hybridized carbons (Fsp3) is 0.294. The van der Waals surface area contributed by atoms with Gasteiger partial charge in [-0.2, -0.15) is 13.2 Å². The molecule has 0 saturated heterocycles. The largest absolute Gasteiger partial charge is 0.493 e. The van der Waals surface area contributed by atoms with E-state index in [2.05, 4.69) is 14.6 Å². The molecule has 1 aromatic heterocycles. The third kappa shape index (κ3) is 7.17. The first kappa shape index (κ1) is 32.5. The molecule has 0 radical (unpaired) electrons. The summed E-state index contributed by atoms with van der Waals surface area (Å²) < 4.78 is 40.7. The molecule has 0 unspecified atom stereocenters. The van der Waals surface area contributed by atoms with E-state index in [-0.39, 0.29) is 17.9 Å². The molecule has 1 heterocycles. The zero-order valence-corrected chi connectivity index (χ0v) is 26.2. The van der Waals surface area contributed by atoms with Crippen molar-refractivity contribution in [3.63, 3.8) is 0 Å². The lowest BCUT2D eigenvalue weighted by Crippen LogP contribution is -2.26. The molecule has 234 valence electrons. The molecule has 0 saturated carbocycles. The van der Waals surface area contributed by atoms with Crippen molar-refractivity contribution in [2.75, 3.05) is 5.75 Å². The third-order valence-corrected chi connectivity index (χ3v) is 9.28. The standard InChI is InChI=1S/C34H30ClF3N2O4S/c1-3-40-29-14-8-21(31(41)25-7-5-4-6-20(25)2)18-26(29)27-19-22(9-15-30(27)40)32(42)28(39-44-33(43)34(36,37)38)16-17-45-24-12-10-23(35)11-13-24/h4-8,10,12,14,18-19H,3,9,11,13,15-17H2,1-2H3/b39-28-. The molecule has 45 heavy (non-hydrogen) atoms. The summed E-state index contributed by atoms with van der Waals surface area (Å²) in [5.74, 6) is -2.86. The number of Topliss-reactive ketones (excluding diaryl/α,β-unsaturated/α-hetero) is 1. The molecule has 0 fully saturated rings. The molecule has 2 aromatic carbocycles. The fourth-order valence-electron chi connectivity index (χ4n) is 5.55. The number of allylic oxidation sites excluding steroid dienone is 5. The summed E-state index contributed by atoms with van der Waals surface area (Å²) in [5.41, 5.74) is 4.72. The second kappa shape index (κ2) is 13.6. The van der Waals surface area contributed by atoms with E-state index in [4.69, 9.17) is 11.6 Å². The summed E-state index contributed by atoms with van der Waals surface area (Å²) in [6, 6.07) is 12.9. The summed E-state index contributed by atoms with van der Waals surface area (Å²) >= 11 is 7.46. The number of thioether (sulfide) groups is 1. The van der Waals surface area contributed by atoms with Gasteiger partial charge in [0.1, 0.15) is 5.71 Å². The van der Waals surface area contributed by atoms with Crippen molar-refractivity contribution in [3.8, 4) is 0 Å². The molecule has 2 aliphatic carbocycles. The highest BCUT2D eigenvalue weighted by molar-refractivity contribution is 8.03. The summed E-state index contributed by atoms with van der Waals surface area (Å²) in [7, 11) is 0. The highest BCUT2D eigenvalue weighted by atomic mass is 35.5. The van der Waals surface area contributed by atoms with Crippen LogP contribution in [0.2, 0.25) is 0 Å². The molecule has 6 nitrogen and oxygen atoms in total. The number of halogens is 4. The molecule has 0 amide bonds. The van der Waals surface area contributed by atoms with Crippen LogP contribution in [0.25, 0.3) is 17.0 Å². The van der Waals surface area contributed by atoms with Gasteiger partial charge < -0.3 is 9.40 Å². The zero-order chi connectivity index (χ0) is 32.3. The molecular formula is C34H30ClF3N2O4S. The molecule has 0 aliphatic heterocycles. The monoisotopic (exact) mass is 654 g/mol. The highest BCUT2D eigenvalue weighted by Crippen LogP contribution is 2.36. The van der Waals surface area contributed by atoms with Gasteiger partial charge in [0.05, 0.1) is 0 Å². The van der Waals surface area contributed by atoms with Crippen molar-refractivity contribution < 1.29 is 32.4 Å². The maximum absolute atomic E-state index is 13.7.